The number of carbonyl (C=O) groups is 1. The largest absolute Gasteiger partial charge is 0.348 e. The van der Waals surface area contributed by atoms with Gasteiger partial charge in [-0.1, -0.05) is 42.8 Å². The summed E-state index contributed by atoms with van der Waals surface area (Å²) < 4.78 is 0. The third-order valence-electron chi connectivity index (χ3n) is 4.35. The van der Waals surface area contributed by atoms with Crippen LogP contribution < -0.4 is 10.6 Å². The molecule has 1 amide bonds. The molecule has 3 heteroatoms. The Labute approximate surface area is 125 Å². The zero-order chi connectivity index (χ0) is 14.7. The highest BCUT2D eigenvalue weighted by Gasteiger charge is 2.21. The molecule has 0 aliphatic carbocycles. The summed E-state index contributed by atoms with van der Waals surface area (Å²) in [5.74, 6) is 0.0201. The van der Waals surface area contributed by atoms with Gasteiger partial charge in [-0.2, -0.15) is 0 Å². The van der Waals surface area contributed by atoms with Crippen LogP contribution in [0.5, 0.6) is 0 Å². The SMILES string of the molecule is CC(NC(=O)c1cccc2ccccc12)C1CCCCN1. The summed E-state index contributed by atoms with van der Waals surface area (Å²) >= 11 is 0. The molecule has 1 fully saturated rings. The van der Waals surface area contributed by atoms with Gasteiger partial charge in [-0.15, -0.1) is 0 Å². The van der Waals surface area contributed by atoms with Crippen LogP contribution in [0.2, 0.25) is 0 Å². The lowest BCUT2D eigenvalue weighted by Gasteiger charge is -2.29. The summed E-state index contributed by atoms with van der Waals surface area (Å²) in [6, 6.07) is 14.4. The first kappa shape index (κ1) is 14.1. The van der Waals surface area contributed by atoms with E-state index >= 15 is 0 Å². The first-order valence-electron chi connectivity index (χ1n) is 7.78. The molecule has 2 atom stereocenters. The standard InChI is InChI=1S/C18H22N2O/c1-13(17-11-4-5-12-19-17)20-18(21)16-10-6-8-14-7-2-3-9-15(14)16/h2-3,6-10,13,17,19H,4-5,11-12H2,1H3,(H,20,21). The second-order valence-electron chi connectivity index (χ2n) is 5.85. The summed E-state index contributed by atoms with van der Waals surface area (Å²) in [5, 5.41) is 8.77. The van der Waals surface area contributed by atoms with E-state index in [0.29, 0.717) is 6.04 Å². The van der Waals surface area contributed by atoms with Crippen LogP contribution in [0.15, 0.2) is 42.5 Å². The van der Waals surface area contributed by atoms with E-state index < -0.39 is 0 Å². The van der Waals surface area contributed by atoms with Crippen LogP contribution in [-0.4, -0.2) is 24.5 Å². The van der Waals surface area contributed by atoms with E-state index in [4.69, 9.17) is 0 Å². The molecule has 0 saturated carbocycles. The summed E-state index contributed by atoms with van der Waals surface area (Å²) in [7, 11) is 0. The molecular weight excluding hydrogens is 260 g/mol. The quantitative estimate of drug-likeness (QED) is 0.908. The highest BCUT2D eigenvalue weighted by molar-refractivity contribution is 6.07. The number of carbonyl (C=O) groups excluding carboxylic acids is 1. The van der Waals surface area contributed by atoms with Crippen molar-refractivity contribution in [1.82, 2.24) is 10.6 Å². The van der Waals surface area contributed by atoms with E-state index in [9.17, 15) is 4.79 Å². The Kier molecular flexibility index (Phi) is 4.20. The summed E-state index contributed by atoms with van der Waals surface area (Å²) in [5.41, 5.74) is 0.760. The predicted molar refractivity (Wildman–Crippen MR) is 86.5 cm³/mol. The van der Waals surface area contributed by atoms with E-state index in [2.05, 4.69) is 17.6 Å². The first-order valence-corrected chi connectivity index (χ1v) is 7.78. The lowest BCUT2D eigenvalue weighted by atomic mass is 9.98. The van der Waals surface area contributed by atoms with E-state index in [1.807, 2.05) is 42.5 Å². The normalized spacial score (nSPS) is 20.1. The van der Waals surface area contributed by atoms with Gasteiger partial charge in [0, 0.05) is 17.6 Å². The highest BCUT2D eigenvalue weighted by atomic mass is 16.1. The van der Waals surface area contributed by atoms with Gasteiger partial charge >= 0.3 is 0 Å². The molecule has 2 N–H and O–H groups in total. The van der Waals surface area contributed by atoms with Crippen LogP contribution in [-0.2, 0) is 0 Å². The smallest absolute Gasteiger partial charge is 0.252 e. The van der Waals surface area contributed by atoms with Crippen molar-refractivity contribution in [2.24, 2.45) is 0 Å². The minimum atomic E-state index is 0.0201. The van der Waals surface area contributed by atoms with E-state index in [1.165, 1.54) is 12.8 Å². The number of amides is 1. The van der Waals surface area contributed by atoms with Crippen molar-refractivity contribution < 1.29 is 4.79 Å². The molecule has 1 aliphatic heterocycles. The van der Waals surface area contributed by atoms with Crippen LogP contribution in [0.1, 0.15) is 36.5 Å². The topological polar surface area (TPSA) is 41.1 Å². The summed E-state index contributed by atoms with van der Waals surface area (Å²) in [6.07, 6.45) is 3.61. The molecule has 0 aromatic heterocycles. The number of nitrogens with one attached hydrogen (secondary N) is 2. The molecular formula is C18H22N2O. The fourth-order valence-corrected chi connectivity index (χ4v) is 3.11. The molecule has 1 aliphatic rings. The van der Waals surface area contributed by atoms with Gasteiger partial charge < -0.3 is 10.6 Å². The van der Waals surface area contributed by atoms with Crippen LogP contribution in [0.3, 0.4) is 0 Å². The van der Waals surface area contributed by atoms with Gasteiger partial charge in [-0.25, -0.2) is 0 Å². The molecule has 21 heavy (non-hydrogen) atoms. The second kappa shape index (κ2) is 6.27. The lowest BCUT2D eigenvalue weighted by Crippen LogP contribution is -2.50. The van der Waals surface area contributed by atoms with E-state index in [1.54, 1.807) is 0 Å². The maximum Gasteiger partial charge on any atom is 0.252 e. The Morgan fingerprint density at radius 3 is 2.81 bits per heavy atom. The molecule has 2 aromatic carbocycles. The van der Waals surface area contributed by atoms with Gasteiger partial charge in [-0.05, 0) is 43.1 Å². The predicted octanol–water partition coefficient (Wildman–Crippen LogP) is 3.10. The third kappa shape index (κ3) is 3.08. The molecule has 1 heterocycles. The van der Waals surface area contributed by atoms with Crippen molar-refractivity contribution in [3.05, 3.63) is 48.0 Å². The van der Waals surface area contributed by atoms with Crippen molar-refractivity contribution >= 4 is 16.7 Å². The number of benzene rings is 2. The van der Waals surface area contributed by atoms with Crippen molar-refractivity contribution in [1.29, 1.82) is 0 Å². The minimum absolute atomic E-state index is 0.0201. The van der Waals surface area contributed by atoms with Gasteiger partial charge in [-0.3, -0.25) is 4.79 Å². The Morgan fingerprint density at radius 1 is 1.19 bits per heavy atom. The van der Waals surface area contributed by atoms with E-state index in [0.717, 1.165) is 29.3 Å². The lowest BCUT2D eigenvalue weighted by molar-refractivity contribution is 0.0930. The Balaban J connectivity index is 1.77. The summed E-state index contributed by atoms with van der Waals surface area (Å²) in [6.45, 7) is 3.14. The zero-order valence-electron chi connectivity index (χ0n) is 12.4. The minimum Gasteiger partial charge on any atom is -0.348 e. The molecule has 3 rings (SSSR count). The summed E-state index contributed by atoms with van der Waals surface area (Å²) in [4.78, 5) is 12.6. The van der Waals surface area contributed by atoms with Gasteiger partial charge in [0.2, 0.25) is 0 Å². The van der Waals surface area contributed by atoms with Crippen molar-refractivity contribution in [2.45, 2.75) is 38.3 Å². The number of piperidine rings is 1. The average Bonchev–Trinajstić information content (AvgIpc) is 2.55. The Hall–Kier alpha value is -1.87. The first-order chi connectivity index (χ1) is 10.3. The molecule has 3 nitrogen and oxygen atoms in total. The van der Waals surface area contributed by atoms with Crippen molar-refractivity contribution in [3.8, 4) is 0 Å². The molecule has 110 valence electrons. The number of hydrogen-bond donors (Lipinski definition) is 2. The maximum atomic E-state index is 12.6. The molecule has 1 saturated heterocycles. The van der Waals surface area contributed by atoms with Gasteiger partial charge in [0.1, 0.15) is 0 Å². The molecule has 0 spiro atoms. The number of hydrogen-bond acceptors (Lipinski definition) is 2. The van der Waals surface area contributed by atoms with Crippen LogP contribution in [0.4, 0.5) is 0 Å². The fourth-order valence-electron chi connectivity index (χ4n) is 3.11. The van der Waals surface area contributed by atoms with Crippen molar-refractivity contribution in [2.75, 3.05) is 6.54 Å². The number of rotatable bonds is 3. The van der Waals surface area contributed by atoms with Crippen LogP contribution in [0.25, 0.3) is 10.8 Å². The second-order valence-corrected chi connectivity index (χ2v) is 5.85. The average molecular weight is 282 g/mol. The fraction of sp³-hybridized carbons (Fsp3) is 0.389. The third-order valence-corrected chi connectivity index (χ3v) is 4.35. The van der Waals surface area contributed by atoms with E-state index in [-0.39, 0.29) is 11.9 Å². The number of fused-ring (bicyclic) bond motifs is 1. The van der Waals surface area contributed by atoms with Gasteiger partial charge in [0.15, 0.2) is 0 Å². The molecule has 2 aromatic rings. The van der Waals surface area contributed by atoms with Gasteiger partial charge in [0.05, 0.1) is 0 Å². The molecule has 0 bridgehead atoms. The highest BCUT2D eigenvalue weighted by Crippen LogP contribution is 2.19. The Bertz CT molecular complexity index is 627. The van der Waals surface area contributed by atoms with Crippen molar-refractivity contribution in [3.63, 3.8) is 0 Å². The van der Waals surface area contributed by atoms with Crippen LogP contribution in [0, 0.1) is 0 Å². The Morgan fingerprint density at radius 2 is 2.00 bits per heavy atom. The van der Waals surface area contributed by atoms with Gasteiger partial charge in [0.25, 0.3) is 5.91 Å². The monoisotopic (exact) mass is 282 g/mol. The maximum absolute atomic E-state index is 12.6. The molecule has 0 radical (unpaired) electrons. The molecule has 2 unspecified atom stereocenters. The zero-order valence-corrected chi connectivity index (χ0v) is 12.4. The van der Waals surface area contributed by atoms with Crippen LogP contribution >= 0.6 is 0 Å².